The van der Waals surface area contributed by atoms with E-state index in [1.165, 1.54) is 4.90 Å². The minimum absolute atomic E-state index is 0.00820. The third-order valence-corrected chi connectivity index (χ3v) is 3.41. The molecule has 0 aromatic heterocycles. The van der Waals surface area contributed by atoms with Crippen LogP contribution in [0.4, 0.5) is 0 Å². The number of nitrogens with zero attached hydrogens (tertiary/aromatic N) is 1. The van der Waals surface area contributed by atoms with Crippen LogP contribution < -0.4 is 5.32 Å². The van der Waals surface area contributed by atoms with Crippen molar-refractivity contribution in [3.63, 3.8) is 0 Å². The lowest BCUT2D eigenvalue weighted by Gasteiger charge is -2.33. The van der Waals surface area contributed by atoms with Crippen molar-refractivity contribution in [2.24, 2.45) is 5.92 Å². The highest BCUT2D eigenvalue weighted by molar-refractivity contribution is 6.03. The van der Waals surface area contributed by atoms with Crippen LogP contribution in [-0.2, 0) is 9.59 Å². The zero-order chi connectivity index (χ0) is 11.0. The average Bonchev–Trinajstić information content (AvgIpc) is 2.44. The monoisotopic (exact) mass is 210 g/mol. The molecule has 0 aliphatic carbocycles. The van der Waals surface area contributed by atoms with Gasteiger partial charge in [0.05, 0.1) is 6.04 Å². The number of hydrogen-bond acceptors (Lipinski definition) is 3. The number of carbonyl (C=O) groups is 2. The van der Waals surface area contributed by atoms with Crippen molar-refractivity contribution in [1.82, 2.24) is 10.2 Å². The fraction of sp³-hybridized carbons (Fsp3) is 0.818. The van der Waals surface area contributed by atoms with Crippen LogP contribution in [0.25, 0.3) is 0 Å². The first-order valence-corrected chi connectivity index (χ1v) is 5.69. The van der Waals surface area contributed by atoms with Crippen LogP contribution >= 0.6 is 0 Å². The third kappa shape index (κ3) is 1.91. The minimum atomic E-state index is -0.114. The van der Waals surface area contributed by atoms with Crippen molar-refractivity contribution in [2.45, 2.75) is 45.2 Å². The molecule has 0 radical (unpaired) electrons. The highest BCUT2D eigenvalue weighted by Gasteiger charge is 2.40. The molecule has 2 aliphatic rings. The Bertz CT molecular complexity index is 282. The maximum atomic E-state index is 11.8. The lowest BCUT2D eigenvalue weighted by molar-refractivity contribution is -0.142. The van der Waals surface area contributed by atoms with Crippen LogP contribution in [0, 0.1) is 5.92 Å². The summed E-state index contributed by atoms with van der Waals surface area (Å²) in [4.78, 5) is 24.9. The van der Waals surface area contributed by atoms with E-state index in [0.717, 1.165) is 19.4 Å². The van der Waals surface area contributed by atoms with Gasteiger partial charge in [-0.1, -0.05) is 6.92 Å². The highest BCUT2D eigenvalue weighted by Crippen LogP contribution is 2.24. The first-order valence-electron chi connectivity index (χ1n) is 5.69. The highest BCUT2D eigenvalue weighted by atomic mass is 16.2. The van der Waals surface area contributed by atoms with Crippen LogP contribution in [0.1, 0.15) is 33.1 Å². The maximum absolute atomic E-state index is 11.8. The molecule has 0 bridgehead atoms. The van der Waals surface area contributed by atoms with Gasteiger partial charge >= 0.3 is 0 Å². The molecule has 4 heteroatoms. The lowest BCUT2D eigenvalue weighted by Crippen LogP contribution is -2.51. The number of nitrogens with one attached hydrogen (secondary N) is 1. The van der Waals surface area contributed by atoms with E-state index in [0.29, 0.717) is 12.5 Å². The summed E-state index contributed by atoms with van der Waals surface area (Å²) in [5, 5.41) is 3.32. The molecule has 3 atom stereocenters. The van der Waals surface area contributed by atoms with E-state index in [1.54, 1.807) is 0 Å². The van der Waals surface area contributed by atoms with E-state index in [9.17, 15) is 9.59 Å². The number of rotatable bonds is 1. The minimum Gasteiger partial charge on any atom is -0.312 e. The number of imide groups is 1. The fourth-order valence-electron chi connectivity index (χ4n) is 2.40. The molecule has 0 aromatic rings. The smallest absolute Gasteiger partial charge is 0.232 e. The summed E-state index contributed by atoms with van der Waals surface area (Å²) in [7, 11) is 0. The summed E-state index contributed by atoms with van der Waals surface area (Å²) in [6.45, 7) is 4.72. The summed E-state index contributed by atoms with van der Waals surface area (Å²) in [5.41, 5.74) is 0. The van der Waals surface area contributed by atoms with Gasteiger partial charge in [-0.15, -0.1) is 0 Å². The molecular formula is C11H18N2O2. The number of likely N-dealkylation sites (tertiary alicyclic amines) is 1. The van der Waals surface area contributed by atoms with Crippen molar-refractivity contribution in [3.8, 4) is 0 Å². The molecule has 2 saturated heterocycles. The Hall–Kier alpha value is -0.900. The number of hydrogen-bond donors (Lipinski definition) is 1. The van der Waals surface area contributed by atoms with Gasteiger partial charge in [0.25, 0.3) is 0 Å². The molecular weight excluding hydrogens is 192 g/mol. The first-order chi connectivity index (χ1) is 7.09. The van der Waals surface area contributed by atoms with Gasteiger partial charge in [0.15, 0.2) is 0 Å². The van der Waals surface area contributed by atoms with E-state index in [2.05, 4.69) is 12.2 Å². The van der Waals surface area contributed by atoms with Gasteiger partial charge < -0.3 is 5.32 Å². The maximum Gasteiger partial charge on any atom is 0.232 e. The van der Waals surface area contributed by atoms with Crippen molar-refractivity contribution in [2.75, 3.05) is 6.54 Å². The molecule has 1 N–H and O–H groups in total. The molecule has 15 heavy (non-hydrogen) atoms. The van der Waals surface area contributed by atoms with Crippen molar-refractivity contribution < 1.29 is 9.59 Å². The summed E-state index contributed by atoms with van der Waals surface area (Å²) in [5.74, 6) is -0.0907. The number of carbonyl (C=O) groups excluding carboxylic acids is 2. The zero-order valence-corrected chi connectivity index (χ0v) is 9.32. The van der Waals surface area contributed by atoms with Gasteiger partial charge in [-0.05, 0) is 19.8 Å². The Kier molecular flexibility index (Phi) is 2.78. The van der Waals surface area contributed by atoms with E-state index in [-0.39, 0.29) is 23.8 Å². The molecule has 0 saturated carbocycles. The first kappa shape index (κ1) is 10.6. The Morgan fingerprint density at radius 3 is 2.47 bits per heavy atom. The third-order valence-electron chi connectivity index (χ3n) is 3.41. The average molecular weight is 210 g/mol. The quantitative estimate of drug-likeness (QED) is 0.642. The van der Waals surface area contributed by atoms with Crippen LogP contribution in [0.2, 0.25) is 0 Å². The van der Waals surface area contributed by atoms with E-state index < -0.39 is 0 Å². The predicted octanol–water partition coefficient (Wildman–Crippen LogP) is 0.522. The second-order valence-electron chi connectivity index (χ2n) is 4.75. The molecule has 2 fully saturated rings. The van der Waals surface area contributed by atoms with Crippen LogP contribution in [-0.4, -0.2) is 35.3 Å². The van der Waals surface area contributed by atoms with Crippen LogP contribution in [0.5, 0.6) is 0 Å². The molecule has 0 spiro atoms. The Morgan fingerprint density at radius 2 is 2.00 bits per heavy atom. The van der Waals surface area contributed by atoms with Crippen molar-refractivity contribution >= 4 is 11.8 Å². The van der Waals surface area contributed by atoms with E-state index in [4.69, 9.17) is 0 Å². The fourth-order valence-corrected chi connectivity index (χ4v) is 2.40. The number of piperidine rings is 1. The van der Waals surface area contributed by atoms with Gasteiger partial charge in [0.2, 0.25) is 11.8 Å². The molecule has 3 unspecified atom stereocenters. The van der Waals surface area contributed by atoms with Gasteiger partial charge in [0, 0.05) is 24.9 Å². The standard InChI is InChI=1S/C11H18N2O2/c1-7-5-10(14)13(11(7)15)9-4-3-8(2)12-6-9/h7-9,12H,3-6H2,1-2H3. The van der Waals surface area contributed by atoms with Gasteiger partial charge in [-0.25, -0.2) is 0 Å². The van der Waals surface area contributed by atoms with Crippen LogP contribution in [0.15, 0.2) is 0 Å². The number of amides is 2. The molecule has 84 valence electrons. The second-order valence-corrected chi connectivity index (χ2v) is 4.75. The second kappa shape index (κ2) is 3.93. The molecule has 2 rings (SSSR count). The van der Waals surface area contributed by atoms with Gasteiger partial charge in [0.1, 0.15) is 0 Å². The lowest BCUT2D eigenvalue weighted by atomic mass is 10.0. The Balaban J connectivity index is 2.04. The summed E-state index contributed by atoms with van der Waals surface area (Å²) in [6, 6.07) is 0.595. The zero-order valence-electron chi connectivity index (χ0n) is 9.32. The van der Waals surface area contributed by atoms with Crippen LogP contribution in [0.3, 0.4) is 0 Å². The molecule has 4 nitrogen and oxygen atoms in total. The van der Waals surface area contributed by atoms with Crippen molar-refractivity contribution in [1.29, 1.82) is 0 Å². The molecule has 2 amide bonds. The normalized spacial score (nSPS) is 37.5. The predicted molar refractivity (Wildman–Crippen MR) is 56.1 cm³/mol. The molecule has 2 heterocycles. The van der Waals surface area contributed by atoms with E-state index >= 15 is 0 Å². The Labute approximate surface area is 90.0 Å². The largest absolute Gasteiger partial charge is 0.312 e. The topological polar surface area (TPSA) is 49.4 Å². The Morgan fingerprint density at radius 1 is 1.27 bits per heavy atom. The van der Waals surface area contributed by atoms with Gasteiger partial charge in [-0.3, -0.25) is 14.5 Å². The van der Waals surface area contributed by atoms with E-state index in [1.807, 2.05) is 6.92 Å². The molecule has 0 aromatic carbocycles. The molecule has 2 aliphatic heterocycles. The van der Waals surface area contributed by atoms with Crippen molar-refractivity contribution in [3.05, 3.63) is 0 Å². The van der Waals surface area contributed by atoms with Gasteiger partial charge in [-0.2, -0.15) is 0 Å². The summed E-state index contributed by atoms with van der Waals surface area (Å²) >= 11 is 0. The summed E-state index contributed by atoms with van der Waals surface area (Å²) in [6.07, 6.45) is 2.37. The SMILES string of the molecule is CC1CCC(N2C(=O)CC(C)C2=O)CN1. The summed E-state index contributed by atoms with van der Waals surface area (Å²) < 4.78 is 0.